The smallest absolute Gasteiger partial charge is 0.339 e. The summed E-state index contributed by atoms with van der Waals surface area (Å²) in [6, 6.07) is 11.6. The van der Waals surface area contributed by atoms with Gasteiger partial charge in [0.1, 0.15) is 5.75 Å². The summed E-state index contributed by atoms with van der Waals surface area (Å²) in [4.78, 5) is 34.4. The average Bonchev–Trinajstić information content (AvgIpc) is 3.32. The monoisotopic (exact) mass is 454 g/mol. The van der Waals surface area contributed by atoms with Gasteiger partial charge in [0.15, 0.2) is 17.2 Å². The fourth-order valence-electron chi connectivity index (χ4n) is 4.03. The number of carbonyl (C=O) groups is 2. The molecule has 10 heteroatoms. The van der Waals surface area contributed by atoms with Gasteiger partial charge in [-0.3, -0.25) is 4.79 Å². The maximum absolute atomic E-state index is 13.2. The van der Waals surface area contributed by atoms with E-state index >= 15 is 0 Å². The predicted molar refractivity (Wildman–Crippen MR) is 112 cm³/mol. The van der Waals surface area contributed by atoms with Gasteiger partial charge < -0.3 is 20.1 Å². The summed E-state index contributed by atoms with van der Waals surface area (Å²) in [7, 11) is 0. The van der Waals surface area contributed by atoms with Gasteiger partial charge in [0.2, 0.25) is 0 Å². The molecule has 2 N–H and O–H groups in total. The standard InChI is InChI=1S/C22H16ClFN4O4/c23-16-9-12(31-21-26-10-17(24)18(25)27-21)5-6-14(16)19(29)28-8-7-22(11-28)15-4-2-1-3-13(15)20(30)32-22/h1-6,9-10H,7-8,11H2,(H2,25,26,27)/t22-/m0/s1. The van der Waals surface area contributed by atoms with E-state index in [4.69, 9.17) is 26.8 Å². The molecular weight excluding hydrogens is 439 g/mol. The fraction of sp³-hybridized carbons (Fsp3) is 0.182. The topological polar surface area (TPSA) is 108 Å². The quantitative estimate of drug-likeness (QED) is 0.603. The summed E-state index contributed by atoms with van der Waals surface area (Å²) in [6.07, 6.45) is 1.40. The lowest BCUT2D eigenvalue weighted by molar-refractivity contribution is -0.00306. The zero-order valence-corrected chi connectivity index (χ0v) is 17.3. The van der Waals surface area contributed by atoms with E-state index in [0.717, 1.165) is 11.8 Å². The number of esters is 1. The Morgan fingerprint density at radius 3 is 2.88 bits per heavy atom. The number of hydrogen-bond acceptors (Lipinski definition) is 7. The molecule has 0 bridgehead atoms. The van der Waals surface area contributed by atoms with Crippen LogP contribution in [0.15, 0.2) is 48.7 Å². The molecule has 0 saturated carbocycles. The van der Waals surface area contributed by atoms with Crippen LogP contribution in [0.2, 0.25) is 5.02 Å². The number of halogens is 2. The summed E-state index contributed by atoms with van der Waals surface area (Å²) in [5.74, 6) is -1.51. The van der Waals surface area contributed by atoms with Gasteiger partial charge >= 0.3 is 12.0 Å². The summed E-state index contributed by atoms with van der Waals surface area (Å²) < 4.78 is 24.3. The average molecular weight is 455 g/mol. The summed E-state index contributed by atoms with van der Waals surface area (Å²) in [6.45, 7) is 0.656. The van der Waals surface area contributed by atoms with Crippen LogP contribution in [0.5, 0.6) is 11.8 Å². The van der Waals surface area contributed by atoms with E-state index < -0.39 is 11.4 Å². The van der Waals surface area contributed by atoms with E-state index in [1.165, 1.54) is 18.2 Å². The third-order valence-corrected chi connectivity index (χ3v) is 5.89. The lowest BCUT2D eigenvalue weighted by Gasteiger charge is -2.24. The molecule has 2 aliphatic rings. The summed E-state index contributed by atoms with van der Waals surface area (Å²) >= 11 is 6.34. The molecule has 1 fully saturated rings. The van der Waals surface area contributed by atoms with Crippen molar-refractivity contribution < 1.29 is 23.5 Å². The molecule has 1 aromatic heterocycles. The van der Waals surface area contributed by atoms with E-state index in [0.29, 0.717) is 18.5 Å². The van der Waals surface area contributed by atoms with E-state index in [-0.39, 0.29) is 46.6 Å². The minimum absolute atomic E-state index is 0.151. The van der Waals surface area contributed by atoms with Crippen molar-refractivity contribution in [2.45, 2.75) is 12.0 Å². The Morgan fingerprint density at radius 1 is 1.28 bits per heavy atom. The Kier molecular flexibility index (Phi) is 4.70. The number of amides is 1. The largest absolute Gasteiger partial charge is 0.449 e. The third kappa shape index (κ3) is 3.31. The number of nitrogens with zero attached hydrogens (tertiary/aromatic N) is 3. The maximum Gasteiger partial charge on any atom is 0.339 e. The van der Waals surface area contributed by atoms with Gasteiger partial charge in [-0.15, -0.1) is 0 Å². The van der Waals surface area contributed by atoms with Crippen LogP contribution in [0.25, 0.3) is 0 Å². The van der Waals surface area contributed by atoms with Gasteiger partial charge in [-0.1, -0.05) is 29.8 Å². The number of anilines is 1. The van der Waals surface area contributed by atoms with Crippen molar-refractivity contribution in [3.63, 3.8) is 0 Å². The van der Waals surface area contributed by atoms with E-state index in [9.17, 15) is 14.0 Å². The van der Waals surface area contributed by atoms with Gasteiger partial charge in [-0.2, -0.15) is 4.98 Å². The van der Waals surface area contributed by atoms with E-state index in [1.807, 2.05) is 12.1 Å². The molecule has 1 saturated heterocycles. The highest BCUT2D eigenvalue weighted by Crippen LogP contribution is 2.43. The first-order chi connectivity index (χ1) is 15.4. The minimum atomic E-state index is -0.835. The molecule has 162 valence electrons. The van der Waals surface area contributed by atoms with Crippen molar-refractivity contribution in [2.75, 3.05) is 18.8 Å². The van der Waals surface area contributed by atoms with Crippen molar-refractivity contribution in [3.8, 4) is 11.8 Å². The number of aromatic nitrogens is 2. The second-order valence-electron chi connectivity index (χ2n) is 7.54. The van der Waals surface area contributed by atoms with Gasteiger partial charge in [-0.25, -0.2) is 14.2 Å². The second-order valence-corrected chi connectivity index (χ2v) is 7.94. The summed E-state index contributed by atoms with van der Waals surface area (Å²) in [5, 5.41) is 0.160. The number of rotatable bonds is 3. The van der Waals surface area contributed by atoms with Crippen molar-refractivity contribution in [1.29, 1.82) is 0 Å². The molecule has 0 unspecified atom stereocenters. The molecule has 8 nitrogen and oxygen atoms in total. The van der Waals surface area contributed by atoms with Crippen molar-refractivity contribution in [2.24, 2.45) is 0 Å². The van der Waals surface area contributed by atoms with Gasteiger partial charge in [0.25, 0.3) is 5.91 Å². The molecule has 1 spiro atoms. The highest BCUT2D eigenvalue weighted by molar-refractivity contribution is 6.34. The molecule has 1 atom stereocenters. The van der Waals surface area contributed by atoms with Crippen LogP contribution in [-0.4, -0.2) is 39.8 Å². The van der Waals surface area contributed by atoms with Crippen LogP contribution in [0.4, 0.5) is 10.2 Å². The Balaban J connectivity index is 1.34. The highest BCUT2D eigenvalue weighted by Gasteiger charge is 2.51. The Hall–Kier alpha value is -3.72. The molecule has 3 heterocycles. The zero-order valence-electron chi connectivity index (χ0n) is 16.5. The first kappa shape index (κ1) is 20.2. The zero-order chi connectivity index (χ0) is 22.5. The molecule has 0 aliphatic carbocycles. The number of hydrogen-bond donors (Lipinski definition) is 1. The van der Waals surface area contributed by atoms with Crippen LogP contribution in [0.1, 0.15) is 32.7 Å². The second kappa shape index (κ2) is 7.45. The number of carbonyl (C=O) groups excluding carboxylic acids is 2. The first-order valence-corrected chi connectivity index (χ1v) is 10.1. The van der Waals surface area contributed by atoms with Crippen molar-refractivity contribution >= 4 is 29.3 Å². The van der Waals surface area contributed by atoms with Gasteiger partial charge in [0, 0.05) is 24.6 Å². The Labute approximate surface area is 186 Å². The van der Waals surface area contributed by atoms with Gasteiger partial charge in [-0.05, 0) is 18.2 Å². The van der Waals surface area contributed by atoms with Crippen LogP contribution >= 0.6 is 11.6 Å². The number of fused-ring (bicyclic) bond motifs is 2. The molecule has 3 aromatic rings. The normalized spacial score (nSPS) is 19.2. The molecule has 0 radical (unpaired) electrons. The molecule has 5 rings (SSSR count). The Bertz CT molecular complexity index is 1270. The number of ether oxygens (including phenoxy) is 2. The number of likely N-dealkylation sites (tertiary alicyclic amines) is 1. The molecule has 2 aromatic carbocycles. The minimum Gasteiger partial charge on any atom is -0.449 e. The predicted octanol–water partition coefficient (Wildman–Crippen LogP) is 3.56. The van der Waals surface area contributed by atoms with Crippen LogP contribution < -0.4 is 10.5 Å². The van der Waals surface area contributed by atoms with Crippen LogP contribution in [0.3, 0.4) is 0 Å². The molecule has 2 aliphatic heterocycles. The van der Waals surface area contributed by atoms with E-state index in [2.05, 4.69) is 9.97 Å². The number of nitrogen functional groups attached to an aromatic ring is 1. The van der Waals surface area contributed by atoms with E-state index in [1.54, 1.807) is 17.0 Å². The van der Waals surface area contributed by atoms with Crippen molar-refractivity contribution in [1.82, 2.24) is 14.9 Å². The number of nitrogens with two attached hydrogens (primary N) is 1. The van der Waals surface area contributed by atoms with Gasteiger partial charge in [0.05, 0.1) is 28.9 Å². The number of benzene rings is 2. The van der Waals surface area contributed by atoms with Crippen LogP contribution in [-0.2, 0) is 10.3 Å². The lowest BCUT2D eigenvalue weighted by atomic mass is 9.91. The fourth-order valence-corrected chi connectivity index (χ4v) is 4.28. The lowest BCUT2D eigenvalue weighted by Crippen LogP contribution is -2.34. The summed E-state index contributed by atoms with van der Waals surface area (Å²) in [5.41, 5.74) is 6.18. The third-order valence-electron chi connectivity index (χ3n) is 5.57. The SMILES string of the molecule is Nc1nc(Oc2ccc(C(=O)N3CC[C@@]4(C3)OC(=O)c3ccccc34)c(Cl)c2)ncc1F. The first-order valence-electron chi connectivity index (χ1n) is 9.74. The molecule has 32 heavy (non-hydrogen) atoms. The maximum atomic E-state index is 13.2. The highest BCUT2D eigenvalue weighted by atomic mass is 35.5. The molecule has 1 amide bonds. The van der Waals surface area contributed by atoms with Crippen LogP contribution in [0, 0.1) is 5.82 Å². The molecular formula is C22H16ClFN4O4. The Morgan fingerprint density at radius 2 is 2.09 bits per heavy atom. The van der Waals surface area contributed by atoms with Crippen molar-refractivity contribution in [3.05, 3.63) is 76.2 Å².